The van der Waals surface area contributed by atoms with Crippen LogP contribution in [0.4, 0.5) is 11.6 Å². The number of aryl methyl sites for hydroxylation is 2. The largest absolute Gasteiger partial charge is 0.446 e. The Balaban J connectivity index is 1.50. The molecule has 1 aliphatic heterocycles. The van der Waals surface area contributed by atoms with Gasteiger partial charge in [0.1, 0.15) is 5.03 Å². The molecule has 2 aromatic rings. The van der Waals surface area contributed by atoms with Crippen LogP contribution in [0.3, 0.4) is 0 Å². The van der Waals surface area contributed by atoms with Gasteiger partial charge in [0.25, 0.3) is 0 Å². The zero-order chi connectivity index (χ0) is 17.2. The van der Waals surface area contributed by atoms with Gasteiger partial charge in [0.15, 0.2) is 0 Å². The number of nitrogens with one attached hydrogen (secondary N) is 1. The smallest absolute Gasteiger partial charge is 0.324 e. The molecule has 25 heavy (non-hydrogen) atoms. The Hall–Kier alpha value is -1.53. The Morgan fingerprint density at radius 1 is 1.24 bits per heavy atom. The van der Waals surface area contributed by atoms with Crippen LogP contribution in [0.1, 0.15) is 43.2 Å². The second kappa shape index (κ2) is 7.38. The minimum atomic E-state index is -0.307. The molecule has 6 heteroatoms. The minimum absolute atomic E-state index is 0.307. The van der Waals surface area contributed by atoms with Gasteiger partial charge < -0.3 is 10.3 Å². The highest BCUT2D eigenvalue weighted by Crippen LogP contribution is 2.34. The van der Waals surface area contributed by atoms with Crippen LogP contribution in [-0.4, -0.2) is 27.2 Å². The SMILES string of the molecule is Cc1cnc(Nc2ccc3c(c2)CCB3O)nc1SC1CCCCC1. The van der Waals surface area contributed by atoms with Crippen LogP contribution >= 0.6 is 11.8 Å². The lowest BCUT2D eigenvalue weighted by Gasteiger charge is -2.21. The van der Waals surface area contributed by atoms with Gasteiger partial charge >= 0.3 is 6.92 Å². The molecular weight excluding hydrogens is 329 g/mol. The van der Waals surface area contributed by atoms with Crippen molar-refractivity contribution in [1.82, 2.24) is 9.97 Å². The molecule has 0 atom stereocenters. The number of benzene rings is 1. The summed E-state index contributed by atoms with van der Waals surface area (Å²) in [6, 6.07) is 6.13. The lowest BCUT2D eigenvalue weighted by molar-refractivity contribution is 0.515. The molecule has 2 aliphatic rings. The quantitative estimate of drug-likeness (QED) is 0.648. The topological polar surface area (TPSA) is 58.0 Å². The van der Waals surface area contributed by atoms with E-state index in [4.69, 9.17) is 4.98 Å². The van der Waals surface area contributed by atoms with Crippen molar-refractivity contribution >= 4 is 35.8 Å². The van der Waals surface area contributed by atoms with E-state index in [1.54, 1.807) is 0 Å². The number of hydrogen-bond acceptors (Lipinski definition) is 5. The van der Waals surface area contributed by atoms with Crippen molar-refractivity contribution < 1.29 is 5.02 Å². The molecule has 0 saturated heterocycles. The van der Waals surface area contributed by atoms with Gasteiger partial charge in [-0.15, -0.1) is 11.8 Å². The molecule has 0 bridgehead atoms. The first-order valence-electron chi connectivity index (χ1n) is 9.27. The lowest BCUT2D eigenvalue weighted by atomic mass is 9.63. The molecule has 4 nitrogen and oxygen atoms in total. The normalized spacial score (nSPS) is 17.6. The Labute approximate surface area is 154 Å². The summed E-state index contributed by atoms with van der Waals surface area (Å²) >= 11 is 1.91. The van der Waals surface area contributed by atoms with Gasteiger partial charge in [0.05, 0.1) is 0 Å². The van der Waals surface area contributed by atoms with Crippen LogP contribution in [0.15, 0.2) is 29.4 Å². The van der Waals surface area contributed by atoms with E-state index in [0.29, 0.717) is 11.2 Å². The summed E-state index contributed by atoms with van der Waals surface area (Å²) in [6.45, 7) is 1.78. The number of nitrogens with zero attached hydrogens (tertiary/aromatic N) is 2. The van der Waals surface area contributed by atoms with E-state index in [0.717, 1.165) is 34.5 Å². The highest BCUT2D eigenvalue weighted by molar-refractivity contribution is 7.99. The first-order chi connectivity index (χ1) is 12.2. The van der Waals surface area contributed by atoms with Crippen molar-refractivity contribution in [1.29, 1.82) is 0 Å². The zero-order valence-corrected chi connectivity index (χ0v) is 15.5. The Morgan fingerprint density at radius 3 is 2.92 bits per heavy atom. The van der Waals surface area contributed by atoms with Crippen molar-refractivity contribution in [3.05, 3.63) is 35.5 Å². The van der Waals surface area contributed by atoms with Crippen LogP contribution in [0.25, 0.3) is 0 Å². The molecule has 1 aromatic heterocycles. The lowest BCUT2D eigenvalue weighted by Crippen LogP contribution is -2.25. The minimum Gasteiger partial charge on any atom is -0.446 e. The van der Waals surface area contributed by atoms with E-state index in [1.807, 2.05) is 30.1 Å². The molecule has 1 fully saturated rings. The van der Waals surface area contributed by atoms with Gasteiger partial charge in [-0.2, -0.15) is 0 Å². The van der Waals surface area contributed by atoms with Gasteiger partial charge in [-0.25, -0.2) is 9.97 Å². The van der Waals surface area contributed by atoms with Crippen LogP contribution < -0.4 is 10.8 Å². The van der Waals surface area contributed by atoms with Crippen molar-refractivity contribution in [2.24, 2.45) is 0 Å². The van der Waals surface area contributed by atoms with E-state index in [2.05, 4.69) is 23.3 Å². The highest BCUT2D eigenvalue weighted by atomic mass is 32.2. The number of thioether (sulfide) groups is 1. The number of fused-ring (bicyclic) bond motifs is 1. The van der Waals surface area contributed by atoms with Crippen LogP contribution in [0.2, 0.25) is 6.32 Å². The van der Waals surface area contributed by atoms with E-state index in [9.17, 15) is 5.02 Å². The first-order valence-corrected chi connectivity index (χ1v) is 10.2. The summed E-state index contributed by atoms with van der Waals surface area (Å²) in [4.78, 5) is 9.21. The molecule has 4 rings (SSSR count). The summed E-state index contributed by atoms with van der Waals surface area (Å²) in [6.07, 6.45) is 10.3. The van der Waals surface area contributed by atoms with Crippen molar-refractivity contribution in [2.75, 3.05) is 5.32 Å². The third-order valence-corrected chi connectivity index (χ3v) is 6.64. The zero-order valence-electron chi connectivity index (χ0n) is 14.7. The maximum Gasteiger partial charge on any atom is 0.324 e. The predicted octanol–water partition coefficient (Wildman–Crippen LogP) is 3.70. The van der Waals surface area contributed by atoms with Gasteiger partial charge in [-0.05, 0) is 61.2 Å². The molecule has 1 saturated carbocycles. The molecule has 1 aromatic carbocycles. The third kappa shape index (κ3) is 3.85. The molecule has 2 N–H and O–H groups in total. The van der Waals surface area contributed by atoms with Crippen molar-refractivity contribution in [3.63, 3.8) is 0 Å². The monoisotopic (exact) mass is 353 g/mol. The molecule has 0 amide bonds. The molecule has 2 heterocycles. The predicted molar refractivity (Wildman–Crippen MR) is 105 cm³/mol. The van der Waals surface area contributed by atoms with Crippen LogP contribution in [0, 0.1) is 6.92 Å². The van der Waals surface area contributed by atoms with Crippen molar-refractivity contribution in [2.45, 2.75) is 62.0 Å². The molecule has 0 spiro atoms. The first kappa shape index (κ1) is 16.9. The number of anilines is 2. The average molecular weight is 353 g/mol. The maximum absolute atomic E-state index is 9.94. The van der Waals surface area contributed by atoms with Crippen molar-refractivity contribution in [3.8, 4) is 0 Å². The summed E-state index contributed by atoms with van der Waals surface area (Å²) in [5.41, 5.74) is 4.42. The van der Waals surface area contributed by atoms with E-state index >= 15 is 0 Å². The summed E-state index contributed by atoms with van der Waals surface area (Å²) in [7, 11) is 0. The fraction of sp³-hybridized carbons (Fsp3) is 0.474. The maximum atomic E-state index is 9.94. The number of aromatic nitrogens is 2. The van der Waals surface area contributed by atoms with E-state index in [1.165, 1.54) is 37.7 Å². The molecule has 0 unspecified atom stereocenters. The number of hydrogen-bond donors (Lipinski definition) is 2. The van der Waals surface area contributed by atoms with Gasteiger partial charge in [0.2, 0.25) is 5.95 Å². The number of rotatable bonds is 4. The van der Waals surface area contributed by atoms with E-state index in [-0.39, 0.29) is 6.92 Å². The van der Waals surface area contributed by atoms with Gasteiger partial charge in [-0.3, -0.25) is 0 Å². The summed E-state index contributed by atoms with van der Waals surface area (Å²) in [5.74, 6) is 0.655. The fourth-order valence-electron chi connectivity index (χ4n) is 3.75. The van der Waals surface area contributed by atoms with E-state index < -0.39 is 0 Å². The summed E-state index contributed by atoms with van der Waals surface area (Å²) in [5, 5.41) is 15.1. The Bertz CT molecular complexity index is 764. The van der Waals surface area contributed by atoms with Crippen LogP contribution in [-0.2, 0) is 6.42 Å². The van der Waals surface area contributed by atoms with Crippen LogP contribution in [0.5, 0.6) is 0 Å². The standard InChI is InChI=1S/C19H24BN3OS/c1-13-12-21-19(23-18(13)25-16-5-3-2-4-6-16)22-15-7-8-17-14(11-15)9-10-20(17)24/h7-8,11-12,16,24H,2-6,9-10H2,1H3,(H,21,22,23). The Morgan fingerprint density at radius 2 is 2.08 bits per heavy atom. The molecular formula is C19H24BN3OS. The second-order valence-corrected chi connectivity index (χ2v) is 8.44. The van der Waals surface area contributed by atoms with Gasteiger partial charge in [0, 0.05) is 17.1 Å². The second-order valence-electron chi connectivity index (χ2n) is 7.15. The molecule has 130 valence electrons. The Kier molecular flexibility index (Phi) is 4.99. The average Bonchev–Trinajstić information content (AvgIpc) is 2.99. The molecule has 1 aliphatic carbocycles. The fourth-order valence-corrected chi connectivity index (χ4v) is 5.01. The highest BCUT2D eigenvalue weighted by Gasteiger charge is 2.24. The summed E-state index contributed by atoms with van der Waals surface area (Å²) < 4.78 is 0. The van der Waals surface area contributed by atoms with Gasteiger partial charge in [-0.1, -0.05) is 25.3 Å². The third-order valence-electron chi connectivity index (χ3n) is 5.20. The molecule has 0 radical (unpaired) electrons.